The van der Waals surface area contributed by atoms with E-state index in [-0.39, 0.29) is 22.6 Å². The van der Waals surface area contributed by atoms with Crippen LogP contribution in [0.3, 0.4) is 0 Å². The van der Waals surface area contributed by atoms with Crippen LogP contribution in [0.2, 0.25) is 0 Å². The summed E-state index contributed by atoms with van der Waals surface area (Å²) < 4.78 is 13.1. The Labute approximate surface area is 190 Å². The molecule has 1 unspecified atom stereocenters. The van der Waals surface area contributed by atoms with Crippen molar-refractivity contribution in [1.29, 1.82) is 0 Å². The lowest BCUT2D eigenvalue weighted by molar-refractivity contribution is -0.132. The van der Waals surface area contributed by atoms with Crippen molar-refractivity contribution in [3.63, 3.8) is 0 Å². The molecule has 166 valence electrons. The van der Waals surface area contributed by atoms with Crippen molar-refractivity contribution in [2.45, 2.75) is 44.6 Å². The van der Waals surface area contributed by atoms with Crippen LogP contribution < -0.4 is 0 Å². The van der Waals surface area contributed by atoms with Crippen LogP contribution in [0, 0.1) is 5.82 Å². The zero-order valence-corrected chi connectivity index (χ0v) is 18.5. The van der Waals surface area contributed by atoms with E-state index in [1.807, 2.05) is 35.2 Å². The van der Waals surface area contributed by atoms with Crippen molar-refractivity contribution < 1.29 is 19.1 Å². The van der Waals surface area contributed by atoms with Gasteiger partial charge in [-0.15, -0.1) is 11.3 Å². The minimum absolute atomic E-state index is 0.0799. The van der Waals surface area contributed by atoms with Gasteiger partial charge < -0.3 is 10.0 Å². The van der Waals surface area contributed by atoms with Crippen molar-refractivity contribution in [3.05, 3.63) is 87.1 Å². The fourth-order valence-electron chi connectivity index (χ4n) is 4.12. The Bertz CT molecular complexity index is 1080. The highest BCUT2D eigenvalue weighted by Crippen LogP contribution is 2.36. The van der Waals surface area contributed by atoms with Gasteiger partial charge in [-0.2, -0.15) is 0 Å². The third kappa shape index (κ3) is 5.22. The second kappa shape index (κ2) is 10.0. The second-order valence-electron chi connectivity index (χ2n) is 7.99. The molecule has 0 radical (unpaired) electrons. The highest BCUT2D eigenvalue weighted by atomic mass is 32.1. The van der Waals surface area contributed by atoms with Crippen LogP contribution in [-0.2, 0) is 24.1 Å². The number of carbonyl (C=O) groups excluding carboxylic acids is 1. The number of likely N-dealkylation sites (tertiary alicyclic amines) is 1. The Morgan fingerprint density at radius 2 is 1.75 bits per heavy atom. The summed E-state index contributed by atoms with van der Waals surface area (Å²) in [5, 5.41) is 10.4. The van der Waals surface area contributed by atoms with Crippen LogP contribution in [0.1, 0.15) is 56.8 Å². The van der Waals surface area contributed by atoms with E-state index >= 15 is 0 Å². The van der Waals surface area contributed by atoms with Crippen molar-refractivity contribution in [3.8, 4) is 0 Å². The molecule has 0 bridgehead atoms. The van der Waals surface area contributed by atoms with Gasteiger partial charge in [0, 0.05) is 13.0 Å². The number of amides is 1. The average molecular weight is 453 g/mol. The number of carbonyl (C=O) groups is 2. The number of nitrogens with zero attached hydrogens (tertiary/aromatic N) is 2. The summed E-state index contributed by atoms with van der Waals surface area (Å²) in [7, 11) is 0. The first kappa shape index (κ1) is 22.1. The van der Waals surface area contributed by atoms with Crippen molar-refractivity contribution in [2.24, 2.45) is 0 Å². The van der Waals surface area contributed by atoms with E-state index < -0.39 is 5.97 Å². The van der Waals surface area contributed by atoms with Crippen LogP contribution in [0.15, 0.2) is 54.6 Å². The molecule has 0 aliphatic carbocycles. The van der Waals surface area contributed by atoms with Gasteiger partial charge in [-0.05, 0) is 55.4 Å². The molecule has 32 heavy (non-hydrogen) atoms. The zero-order chi connectivity index (χ0) is 22.5. The number of hydrogen-bond acceptors (Lipinski definition) is 4. The quantitative estimate of drug-likeness (QED) is 0.519. The molecule has 2 heterocycles. The molecular formula is C25H25FN2O3S. The molecule has 0 saturated carbocycles. The third-order valence-electron chi connectivity index (χ3n) is 5.80. The van der Waals surface area contributed by atoms with Gasteiger partial charge in [-0.1, -0.05) is 42.5 Å². The fraction of sp³-hybridized carbons (Fsp3) is 0.320. The van der Waals surface area contributed by atoms with E-state index in [0.717, 1.165) is 24.0 Å². The molecule has 1 saturated heterocycles. The molecule has 1 N–H and O–H groups in total. The highest BCUT2D eigenvalue weighted by molar-refractivity contribution is 7.13. The van der Waals surface area contributed by atoms with Crippen molar-refractivity contribution >= 4 is 23.2 Å². The number of hydrogen-bond donors (Lipinski definition) is 1. The molecular weight excluding hydrogens is 427 g/mol. The minimum atomic E-state index is -0.997. The van der Waals surface area contributed by atoms with Gasteiger partial charge in [0.25, 0.3) is 0 Å². The number of aryl methyl sites for hydroxylation is 3. The maximum atomic E-state index is 13.1. The summed E-state index contributed by atoms with van der Waals surface area (Å²) in [5.41, 5.74) is 2.59. The molecule has 1 amide bonds. The lowest BCUT2D eigenvalue weighted by Gasteiger charge is -2.23. The average Bonchev–Trinajstić information content (AvgIpc) is 3.45. The van der Waals surface area contributed by atoms with Gasteiger partial charge in [0.15, 0.2) is 0 Å². The number of halogens is 1. The van der Waals surface area contributed by atoms with Crippen LogP contribution in [0.5, 0.6) is 0 Å². The number of benzene rings is 2. The van der Waals surface area contributed by atoms with Crippen LogP contribution in [0.4, 0.5) is 4.39 Å². The van der Waals surface area contributed by atoms with Gasteiger partial charge >= 0.3 is 5.97 Å². The zero-order valence-electron chi connectivity index (χ0n) is 17.7. The monoisotopic (exact) mass is 452 g/mol. The van der Waals surface area contributed by atoms with E-state index in [4.69, 9.17) is 0 Å². The van der Waals surface area contributed by atoms with Gasteiger partial charge in [-0.25, -0.2) is 14.2 Å². The van der Waals surface area contributed by atoms with Gasteiger partial charge in [0.1, 0.15) is 15.7 Å². The smallest absolute Gasteiger partial charge is 0.347 e. The highest BCUT2D eigenvalue weighted by Gasteiger charge is 2.33. The Balaban J connectivity index is 1.46. The van der Waals surface area contributed by atoms with Crippen LogP contribution in [0.25, 0.3) is 0 Å². The number of carboxylic acids is 1. The summed E-state index contributed by atoms with van der Waals surface area (Å²) in [4.78, 5) is 31.5. The van der Waals surface area contributed by atoms with Crippen LogP contribution in [-0.4, -0.2) is 33.4 Å². The summed E-state index contributed by atoms with van der Waals surface area (Å²) in [6.45, 7) is 0.672. The minimum Gasteiger partial charge on any atom is -0.477 e. The number of carboxylic acid groups (broad SMARTS) is 1. The molecule has 1 aromatic heterocycles. The van der Waals surface area contributed by atoms with Gasteiger partial charge in [0.05, 0.1) is 11.7 Å². The Morgan fingerprint density at radius 1 is 1.03 bits per heavy atom. The molecule has 5 nitrogen and oxygen atoms in total. The van der Waals surface area contributed by atoms with E-state index in [1.54, 1.807) is 12.1 Å². The first-order valence-electron chi connectivity index (χ1n) is 10.8. The van der Waals surface area contributed by atoms with Crippen molar-refractivity contribution in [2.75, 3.05) is 6.54 Å². The molecule has 0 spiro atoms. The third-order valence-corrected chi connectivity index (χ3v) is 6.99. The second-order valence-corrected chi connectivity index (χ2v) is 9.02. The number of thiazole rings is 1. The summed E-state index contributed by atoms with van der Waals surface area (Å²) in [6, 6.07) is 16.0. The first-order valence-corrected chi connectivity index (χ1v) is 11.6. The lowest BCUT2D eigenvalue weighted by atomic mass is 10.1. The maximum Gasteiger partial charge on any atom is 0.347 e. The number of aromatic nitrogens is 1. The topological polar surface area (TPSA) is 70.5 Å². The Hall–Kier alpha value is -3.06. The Morgan fingerprint density at radius 3 is 2.47 bits per heavy atom. The van der Waals surface area contributed by atoms with Crippen LogP contribution >= 0.6 is 11.3 Å². The standard InChI is InChI=1S/C25H25FN2O3S/c26-19-12-8-18(9-13-19)10-14-20-23(25(30)31)32-24(27-20)21-7-4-16-28(21)22(29)15-11-17-5-2-1-3-6-17/h1-3,5-6,8-9,12-13,21H,4,7,10-11,14-16H2,(H,30,31). The van der Waals surface area contributed by atoms with E-state index in [9.17, 15) is 19.1 Å². The van der Waals surface area contributed by atoms with Gasteiger partial charge in [0.2, 0.25) is 5.91 Å². The number of rotatable bonds is 8. The number of aromatic carboxylic acids is 1. The van der Waals surface area contributed by atoms with E-state index in [0.29, 0.717) is 42.9 Å². The Kier molecular flexibility index (Phi) is 6.95. The molecule has 7 heteroatoms. The van der Waals surface area contributed by atoms with Crippen molar-refractivity contribution in [1.82, 2.24) is 9.88 Å². The normalized spacial score (nSPS) is 15.8. The molecule has 4 rings (SSSR count). The molecule has 1 atom stereocenters. The van der Waals surface area contributed by atoms with Gasteiger partial charge in [-0.3, -0.25) is 4.79 Å². The summed E-state index contributed by atoms with van der Waals surface area (Å²) >= 11 is 1.17. The predicted octanol–water partition coefficient (Wildman–Crippen LogP) is 5.06. The first-order chi connectivity index (χ1) is 15.5. The molecule has 1 aliphatic heterocycles. The van der Waals surface area contributed by atoms with E-state index in [2.05, 4.69) is 4.98 Å². The molecule has 3 aromatic rings. The molecule has 2 aromatic carbocycles. The molecule has 1 aliphatic rings. The molecule has 1 fully saturated rings. The predicted molar refractivity (Wildman–Crippen MR) is 121 cm³/mol. The SMILES string of the molecule is O=C(O)c1sc(C2CCCN2C(=O)CCc2ccccc2)nc1CCc1ccc(F)cc1. The maximum absolute atomic E-state index is 13.1. The largest absolute Gasteiger partial charge is 0.477 e. The summed E-state index contributed by atoms with van der Waals surface area (Å²) in [5.74, 6) is -1.21. The fourth-order valence-corrected chi connectivity index (χ4v) is 5.22. The lowest BCUT2D eigenvalue weighted by Crippen LogP contribution is -2.30. The summed E-state index contributed by atoms with van der Waals surface area (Å²) in [6.07, 6.45) is 3.82. The van der Waals surface area contributed by atoms with E-state index in [1.165, 1.54) is 23.5 Å².